The first-order chi connectivity index (χ1) is 11.6. The number of carbonyl (C=O) groups excluding carboxylic acids is 1. The van der Waals surface area contributed by atoms with E-state index >= 15 is 0 Å². The maximum absolute atomic E-state index is 12.1. The average molecular weight is 349 g/mol. The fourth-order valence-corrected chi connectivity index (χ4v) is 3.80. The van der Waals surface area contributed by atoms with Gasteiger partial charge in [0.2, 0.25) is 11.7 Å². The van der Waals surface area contributed by atoms with Crippen LogP contribution in [0.15, 0.2) is 12.1 Å². The lowest BCUT2D eigenvalue weighted by atomic mass is 9.91. The highest BCUT2D eigenvalue weighted by Gasteiger charge is 2.31. The number of amides is 1. The summed E-state index contributed by atoms with van der Waals surface area (Å²) < 4.78 is 16.2. The lowest BCUT2D eigenvalue weighted by Gasteiger charge is -2.23. The van der Waals surface area contributed by atoms with Crippen LogP contribution >= 0.6 is 11.3 Å². The Morgan fingerprint density at radius 3 is 2.42 bits per heavy atom. The molecular formula is C16H19N3O4S. The molecule has 2 N–H and O–H groups in total. The van der Waals surface area contributed by atoms with Crippen LogP contribution in [-0.2, 0) is 4.79 Å². The van der Waals surface area contributed by atoms with Crippen molar-refractivity contribution in [2.75, 3.05) is 39.0 Å². The molecule has 3 rings (SSSR count). The van der Waals surface area contributed by atoms with E-state index in [2.05, 4.69) is 15.6 Å². The molecule has 0 spiro atoms. The van der Waals surface area contributed by atoms with Gasteiger partial charge in [0, 0.05) is 19.4 Å². The number of rotatable bonds is 5. The van der Waals surface area contributed by atoms with Crippen LogP contribution in [0.1, 0.15) is 22.8 Å². The van der Waals surface area contributed by atoms with Gasteiger partial charge in [-0.2, -0.15) is 0 Å². The van der Waals surface area contributed by atoms with Crippen LogP contribution in [0.4, 0.5) is 10.9 Å². The van der Waals surface area contributed by atoms with Gasteiger partial charge in [-0.15, -0.1) is 0 Å². The number of methoxy groups -OCH3 is 3. The Labute approximate surface area is 143 Å². The van der Waals surface area contributed by atoms with E-state index in [1.54, 1.807) is 28.4 Å². The van der Waals surface area contributed by atoms with Gasteiger partial charge in [-0.1, -0.05) is 11.3 Å². The summed E-state index contributed by atoms with van der Waals surface area (Å²) in [5.74, 6) is 2.11. The molecule has 1 aromatic carbocycles. The van der Waals surface area contributed by atoms with E-state index in [0.717, 1.165) is 15.6 Å². The van der Waals surface area contributed by atoms with Crippen molar-refractivity contribution >= 4 is 28.2 Å². The maximum atomic E-state index is 12.1. The maximum Gasteiger partial charge on any atom is 0.226 e. The smallest absolute Gasteiger partial charge is 0.226 e. The van der Waals surface area contributed by atoms with Crippen molar-refractivity contribution in [1.82, 2.24) is 4.98 Å². The Hall–Kier alpha value is -2.48. The molecule has 0 radical (unpaired) electrons. The minimum absolute atomic E-state index is 0.0609. The van der Waals surface area contributed by atoms with Gasteiger partial charge < -0.3 is 24.8 Å². The highest BCUT2D eigenvalue weighted by molar-refractivity contribution is 7.16. The second-order valence-electron chi connectivity index (χ2n) is 5.25. The zero-order valence-corrected chi connectivity index (χ0v) is 14.7. The van der Waals surface area contributed by atoms with E-state index in [-0.39, 0.29) is 11.8 Å². The van der Waals surface area contributed by atoms with Gasteiger partial charge in [0.1, 0.15) is 5.82 Å². The number of hydrogen-bond acceptors (Lipinski definition) is 7. The van der Waals surface area contributed by atoms with Crippen molar-refractivity contribution in [2.45, 2.75) is 12.3 Å². The SMILES string of the molecule is CNc1nc2c(s1)C(c1cc(OC)c(OC)c(OC)c1)CC(=O)N2. The summed E-state index contributed by atoms with van der Waals surface area (Å²) in [7, 11) is 6.52. The molecule has 0 saturated carbocycles. The van der Waals surface area contributed by atoms with Gasteiger partial charge in [-0.25, -0.2) is 4.98 Å². The van der Waals surface area contributed by atoms with Crippen molar-refractivity contribution in [3.05, 3.63) is 22.6 Å². The van der Waals surface area contributed by atoms with E-state index in [9.17, 15) is 4.79 Å². The van der Waals surface area contributed by atoms with E-state index in [0.29, 0.717) is 29.5 Å². The number of nitrogens with zero attached hydrogens (tertiary/aromatic N) is 1. The molecule has 24 heavy (non-hydrogen) atoms. The molecule has 0 saturated heterocycles. The minimum Gasteiger partial charge on any atom is -0.493 e. The molecule has 2 heterocycles. The molecule has 1 amide bonds. The largest absolute Gasteiger partial charge is 0.493 e. The van der Waals surface area contributed by atoms with Gasteiger partial charge in [0.05, 0.1) is 26.2 Å². The molecule has 7 nitrogen and oxygen atoms in total. The minimum atomic E-state index is -0.109. The third-order valence-corrected chi connectivity index (χ3v) is 5.11. The van der Waals surface area contributed by atoms with Crippen LogP contribution in [0, 0.1) is 0 Å². The molecule has 0 bridgehead atoms. The number of aromatic nitrogens is 1. The number of ether oxygens (including phenoxy) is 3. The molecular weight excluding hydrogens is 330 g/mol. The lowest BCUT2D eigenvalue weighted by Crippen LogP contribution is -2.22. The Morgan fingerprint density at radius 2 is 1.88 bits per heavy atom. The normalized spacial score (nSPS) is 16.2. The van der Waals surface area contributed by atoms with Gasteiger partial charge in [-0.3, -0.25) is 4.79 Å². The van der Waals surface area contributed by atoms with Crippen LogP contribution < -0.4 is 24.8 Å². The Balaban J connectivity index is 2.12. The standard InChI is InChI=1S/C16H19N3O4S/c1-17-16-19-15-14(24-16)9(7-12(20)18-15)8-5-10(21-2)13(23-4)11(6-8)22-3/h5-6,9H,7H2,1-4H3,(H,17,19)(H,18,20). The third kappa shape index (κ3) is 2.73. The molecule has 128 valence electrons. The van der Waals surface area contributed by atoms with Gasteiger partial charge in [0.25, 0.3) is 0 Å². The zero-order valence-electron chi connectivity index (χ0n) is 13.9. The van der Waals surface area contributed by atoms with Crippen LogP contribution in [0.5, 0.6) is 17.2 Å². The molecule has 1 atom stereocenters. The monoisotopic (exact) mass is 349 g/mol. The van der Waals surface area contributed by atoms with Crippen LogP contribution in [-0.4, -0.2) is 39.3 Å². The summed E-state index contributed by atoms with van der Waals surface area (Å²) in [5, 5.41) is 6.61. The van der Waals surface area contributed by atoms with E-state index in [1.165, 1.54) is 11.3 Å². The molecule has 8 heteroatoms. The summed E-state index contributed by atoms with van der Waals surface area (Å²) >= 11 is 1.53. The fourth-order valence-electron chi connectivity index (χ4n) is 2.80. The van der Waals surface area contributed by atoms with Gasteiger partial charge in [0.15, 0.2) is 16.6 Å². The highest BCUT2D eigenvalue weighted by atomic mass is 32.1. The van der Waals surface area contributed by atoms with E-state index in [1.807, 2.05) is 12.1 Å². The second-order valence-corrected chi connectivity index (χ2v) is 6.28. The van der Waals surface area contributed by atoms with Crippen molar-refractivity contribution in [3.8, 4) is 17.2 Å². The molecule has 2 aromatic rings. The summed E-state index contributed by atoms with van der Waals surface area (Å²) in [4.78, 5) is 17.5. The van der Waals surface area contributed by atoms with E-state index in [4.69, 9.17) is 14.2 Å². The lowest BCUT2D eigenvalue weighted by molar-refractivity contribution is -0.116. The summed E-state index contributed by atoms with van der Waals surface area (Å²) in [6.07, 6.45) is 0.344. The van der Waals surface area contributed by atoms with Crippen molar-refractivity contribution in [2.24, 2.45) is 0 Å². The molecule has 1 aliphatic heterocycles. The predicted octanol–water partition coefficient (Wildman–Crippen LogP) is 2.68. The number of thiazole rings is 1. The molecule has 0 fully saturated rings. The molecule has 1 aromatic heterocycles. The quantitative estimate of drug-likeness (QED) is 0.864. The topological polar surface area (TPSA) is 81.7 Å². The number of anilines is 2. The first kappa shape index (κ1) is 16.4. The number of carbonyl (C=O) groups is 1. The first-order valence-corrected chi connectivity index (χ1v) is 8.21. The number of nitrogens with one attached hydrogen (secondary N) is 2. The number of benzene rings is 1. The summed E-state index contributed by atoms with van der Waals surface area (Å²) in [5.41, 5.74) is 0.923. The number of fused-ring (bicyclic) bond motifs is 1. The average Bonchev–Trinajstić information content (AvgIpc) is 3.02. The van der Waals surface area contributed by atoms with Crippen LogP contribution in [0.3, 0.4) is 0 Å². The van der Waals surface area contributed by atoms with Gasteiger partial charge in [-0.05, 0) is 17.7 Å². The Kier molecular flexibility index (Phi) is 4.48. The summed E-state index contributed by atoms with van der Waals surface area (Å²) in [6.45, 7) is 0. The van der Waals surface area contributed by atoms with E-state index < -0.39 is 0 Å². The Morgan fingerprint density at radius 1 is 1.21 bits per heavy atom. The van der Waals surface area contributed by atoms with Gasteiger partial charge >= 0.3 is 0 Å². The zero-order chi connectivity index (χ0) is 17.3. The van der Waals surface area contributed by atoms with Crippen LogP contribution in [0.25, 0.3) is 0 Å². The molecule has 1 aliphatic rings. The highest BCUT2D eigenvalue weighted by Crippen LogP contribution is 2.46. The van der Waals surface area contributed by atoms with Crippen molar-refractivity contribution < 1.29 is 19.0 Å². The van der Waals surface area contributed by atoms with Crippen LogP contribution in [0.2, 0.25) is 0 Å². The molecule has 0 aliphatic carbocycles. The second kappa shape index (κ2) is 6.56. The molecule has 1 unspecified atom stereocenters. The van der Waals surface area contributed by atoms with Crippen molar-refractivity contribution in [3.63, 3.8) is 0 Å². The Bertz CT molecular complexity index is 750. The predicted molar refractivity (Wildman–Crippen MR) is 92.8 cm³/mol. The third-order valence-electron chi connectivity index (χ3n) is 3.92. The fraction of sp³-hybridized carbons (Fsp3) is 0.375. The van der Waals surface area contributed by atoms with Crippen molar-refractivity contribution in [1.29, 1.82) is 0 Å². The first-order valence-electron chi connectivity index (χ1n) is 7.39. The number of hydrogen-bond donors (Lipinski definition) is 2. The summed E-state index contributed by atoms with van der Waals surface area (Å²) in [6, 6.07) is 3.76.